The van der Waals surface area contributed by atoms with E-state index in [1.165, 1.54) is 0 Å². The molecule has 2 aromatic heterocycles. The highest BCUT2D eigenvalue weighted by molar-refractivity contribution is 5.63. The van der Waals surface area contributed by atoms with Crippen LogP contribution in [0.25, 0.3) is 11.3 Å². The number of aromatic nitrogens is 4. The minimum Gasteiger partial charge on any atom is -0.378 e. The van der Waals surface area contributed by atoms with E-state index < -0.39 is 0 Å². The number of nitrogens with zero attached hydrogens (tertiary/aromatic N) is 6. The summed E-state index contributed by atoms with van der Waals surface area (Å²) in [5.41, 5.74) is 7.16. The molecule has 0 saturated carbocycles. The van der Waals surface area contributed by atoms with Crippen LogP contribution in [0.2, 0.25) is 0 Å². The van der Waals surface area contributed by atoms with E-state index in [4.69, 9.17) is 10.5 Å². The molecule has 134 valence electrons. The van der Waals surface area contributed by atoms with Crippen LogP contribution >= 0.6 is 0 Å². The average molecular weight is 344 g/mol. The quantitative estimate of drug-likeness (QED) is 0.766. The molecule has 1 saturated heterocycles. The second kappa shape index (κ2) is 8.04. The number of rotatable bonds is 6. The van der Waals surface area contributed by atoms with Gasteiger partial charge in [0.25, 0.3) is 0 Å². The Kier molecular flexibility index (Phi) is 5.56. The van der Waals surface area contributed by atoms with Gasteiger partial charge >= 0.3 is 0 Å². The van der Waals surface area contributed by atoms with Crippen molar-refractivity contribution in [3.63, 3.8) is 0 Å². The fourth-order valence-electron chi connectivity index (χ4n) is 2.46. The van der Waals surface area contributed by atoms with Gasteiger partial charge in [0.2, 0.25) is 11.9 Å². The summed E-state index contributed by atoms with van der Waals surface area (Å²) < 4.78 is 5.42. The summed E-state index contributed by atoms with van der Waals surface area (Å²) in [4.78, 5) is 21.7. The van der Waals surface area contributed by atoms with Crippen LogP contribution in [0.15, 0.2) is 18.5 Å². The first-order chi connectivity index (χ1) is 12.1. The van der Waals surface area contributed by atoms with Gasteiger partial charge in [-0.3, -0.25) is 0 Å². The number of nitrogen functional groups attached to an aromatic ring is 1. The maximum Gasteiger partial charge on any atom is 0.228 e. The molecule has 1 aliphatic rings. The number of anilines is 3. The van der Waals surface area contributed by atoms with Crippen LogP contribution in [0.1, 0.15) is 0 Å². The first-order valence-corrected chi connectivity index (χ1v) is 8.30. The van der Waals surface area contributed by atoms with Gasteiger partial charge < -0.3 is 25.6 Å². The van der Waals surface area contributed by atoms with E-state index in [0.29, 0.717) is 19.2 Å². The molecule has 0 radical (unpaired) electrons. The molecule has 1 fully saturated rings. The predicted octanol–water partition coefficient (Wildman–Crippen LogP) is 0.326. The molecule has 0 unspecified atom stereocenters. The third-order valence-corrected chi connectivity index (χ3v) is 3.84. The van der Waals surface area contributed by atoms with Crippen LogP contribution in [-0.4, -0.2) is 78.3 Å². The fraction of sp³-hybridized carbons (Fsp3) is 0.500. The van der Waals surface area contributed by atoms with E-state index in [1.807, 2.05) is 20.2 Å². The van der Waals surface area contributed by atoms with Crippen molar-refractivity contribution < 1.29 is 4.74 Å². The third-order valence-electron chi connectivity index (χ3n) is 3.84. The van der Waals surface area contributed by atoms with Gasteiger partial charge in [-0.1, -0.05) is 0 Å². The Labute approximate surface area is 147 Å². The summed E-state index contributed by atoms with van der Waals surface area (Å²) in [6, 6.07) is 1.91. The minimum absolute atomic E-state index is 0.246. The molecule has 9 nitrogen and oxygen atoms in total. The molecular formula is C16H24N8O. The van der Waals surface area contributed by atoms with E-state index in [1.54, 1.807) is 12.4 Å². The number of morpholine rings is 1. The highest BCUT2D eigenvalue weighted by atomic mass is 16.5. The lowest BCUT2D eigenvalue weighted by Gasteiger charge is -2.27. The summed E-state index contributed by atoms with van der Waals surface area (Å²) in [6.45, 7) is 4.63. The zero-order chi connectivity index (χ0) is 17.6. The molecule has 1 aliphatic heterocycles. The van der Waals surface area contributed by atoms with Crippen LogP contribution in [0.5, 0.6) is 0 Å². The molecule has 0 bridgehead atoms. The monoisotopic (exact) mass is 344 g/mol. The van der Waals surface area contributed by atoms with Gasteiger partial charge in [-0.25, -0.2) is 15.0 Å². The number of nitrogens with one attached hydrogen (secondary N) is 1. The molecule has 0 amide bonds. The SMILES string of the molecule is CN(C)CCNc1cc(-c2cnc(N)nc2)nc(N2CCOCC2)n1. The molecule has 25 heavy (non-hydrogen) atoms. The minimum atomic E-state index is 0.246. The molecule has 0 spiro atoms. The van der Waals surface area contributed by atoms with Crippen LogP contribution < -0.4 is 16.0 Å². The van der Waals surface area contributed by atoms with E-state index >= 15 is 0 Å². The fourth-order valence-corrected chi connectivity index (χ4v) is 2.46. The Morgan fingerprint density at radius 1 is 1.20 bits per heavy atom. The molecule has 2 aromatic rings. The highest BCUT2D eigenvalue weighted by Crippen LogP contribution is 2.22. The van der Waals surface area contributed by atoms with Gasteiger partial charge in [0.1, 0.15) is 5.82 Å². The Morgan fingerprint density at radius 2 is 1.92 bits per heavy atom. The van der Waals surface area contributed by atoms with E-state index in [-0.39, 0.29) is 5.95 Å². The van der Waals surface area contributed by atoms with Gasteiger partial charge in [0.05, 0.1) is 18.9 Å². The molecule has 3 heterocycles. The molecule has 0 aromatic carbocycles. The lowest BCUT2D eigenvalue weighted by Crippen LogP contribution is -2.37. The average Bonchev–Trinajstić information content (AvgIpc) is 2.62. The second-order valence-corrected chi connectivity index (χ2v) is 6.10. The predicted molar refractivity (Wildman–Crippen MR) is 97.5 cm³/mol. The summed E-state index contributed by atoms with van der Waals surface area (Å²) in [5, 5.41) is 3.36. The maximum absolute atomic E-state index is 5.58. The lowest BCUT2D eigenvalue weighted by molar-refractivity contribution is 0.122. The van der Waals surface area contributed by atoms with Crippen molar-refractivity contribution in [1.82, 2.24) is 24.8 Å². The number of nitrogens with two attached hydrogens (primary N) is 1. The molecule has 0 aliphatic carbocycles. The zero-order valence-corrected chi connectivity index (χ0v) is 14.6. The van der Waals surface area contributed by atoms with Crippen LogP contribution in [0.3, 0.4) is 0 Å². The van der Waals surface area contributed by atoms with Crippen molar-refractivity contribution in [3.05, 3.63) is 18.5 Å². The van der Waals surface area contributed by atoms with Gasteiger partial charge in [0, 0.05) is 50.2 Å². The van der Waals surface area contributed by atoms with Crippen LogP contribution in [0, 0.1) is 0 Å². The van der Waals surface area contributed by atoms with Crippen LogP contribution in [-0.2, 0) is 4.74 Å². The van der Waals surface area contributed by atoms with Crippen molar-refractivity contribution in [3.8, 4) is 11.3 Å². The van der Waals surface area contributed by atoms with E-state index in [0.717, 1.165) is 43.3 Å². The Morgan fingerprint density at radius 3 is 2.60 bits per heavy atom. The maximum atomic E-state index is 5.58. The number of hydrogen-bond donors (Lipinski definition) is 2. The summed E-state index contributed by atoms with van der Waals surface area (Å²) in [5.74, 6) is 1.71. The largest absolute Gasteiger partial charge is 0.378 e. The Hall–Kier alpha value is -2.52. The summed E-state index contributed by atoms with van der Waals surface area (Å²) in [6.07, 6.45) is 3.36. The number of ether oxygens (including phenoxy) is 1. The van der Waals surface area contributed by atoms with Gasteiger partial charge in [-0.2, -0.15) is 4.98 Å². The van der Waals surface area contributed by atoms with Crippen molar-refractivity contribution in [2.24, 2.45) is 0 Å². The van der Waals surface area contributed by atoms with Gasteiger partial charge in [-0.05, 0) is 14.1 Å². The highest BCUT2D eigenvalue weighted by Gasteiger charge is 2.16. The number of hydrogen-bond acceptors (Lipinski definition) is 9. The third kappa shape index (κ3) is 4.74. The molecule has 9 heteroatoms. The molecular weight excluding hydrogens is 320 g/mol. The first kappa shape index (κ1) is 17.3. The van der Waals surface area contributed by atoms with Crippen molar-refractivity contribution in [2.75, 3.05) is 69.4 Å². The smallest absolute Gasteiger partial charge is 0.228 e. The van der Waals surface area contributed by atoms with Crippen LogP contribution in [0.4, 0.5) is 17.7 Å². The molecule has 3 N–H and O–H groups in total. The first-order valence-electron chi connectivity index (χ1n) is 8.30. The summed E-state index contributed by atoms with van der Waals surface area (Å²) in [7, 11) is 4.08. The Balaban J connectivity index is 1.88. The van der Waals surface area contributed by atoms with Gasteiger partial charge in [-0.15, -0.1) is 0 Å². The molecule has 0 atom stereocenters. The standard InChI is InChI=1S/C16H24N8O/c1-23(2)4-3-18-14-9-13(12-10-19-15(17)20-11-12)21-16(22-14)24-5-7-25-8-6-24/h9-11H,3-8H2,1-2H3,(H2,17,19,20)(H,18,21,22). The van der Waals surface area contributed by atoms with E-state index in [9.17, 15) is 0 Å². The van der Waals surface area contributed by atoms with Crippen molar-refractivity contribution in [1.29, 1.82) is 0 Å². The number of likely N-dealkylation sites (N-methyl/N-ethyl adjacent to an activating group) is 1. The molecule has 3 rings (SSSR count). The Bertz CT molecular complexity index is 685. The van der Waals surface area contributed by atoms with Gasteiger partial charge in [0.15, 0.2) is 0 Å². The second-order valence-electron chi connectivity index (χ2n) is 6.10. The topological polar surface area (TPSA) is 105 Å². The van der Waals surface area contributed by atoms with Crippen molar-refractivity contribution >= 4 is 17.7 Å². The lowest BCUT2D eigenvalue weighted by atomic mass is 10.2. The normalized spacial score (nSPS) is 14.8. The summed E-state index contributed by atoms with van der Waals surface area (Å²) >= 11 is 0. The zero-order valence-electron chi connectivity index (χ0n) is 14.6. The van der Waals surface area contributed by atoms with Crippen molar-refractivity contribution in [2.45, 2.75) is 0 Å². The van der Waals surface area contributed by atoms with E-state index in [2.05, 4.69) is 35.1 Å².